The summed E-state index contributed by atoms with van der Waals surface area (Å²) in [6.45, 7) is 1.84. The van der Waals surface area contributed by atoms with Crippen LogP contribution in [0.5, 0.6) is 0 Å². The van der Waals surface area contributed by atoms with Gasteiger partial charge in [0.05, 0.1) is 5.69 Å². The maximum atomic E-state index is 5.93. The van der Waals surface area contributed by atoms with Crippen molar-refractivity contribution >= 4 is 5.82 Å². The summed E-state index contributed by atoms with van der Waals surface area (Å²) in [4.78, 5) is 8.97. The Hall–Kier alpha value is -1.16. The third-order valence-corrected chi connectivity index (χ3v) is 2.93. The monoisotopic (exact) mass is 190 g/mol. The minimum Gasteiger partial charge on any atom is -0.383 e. The highest BCUT2D eigenvalue weighted by Crippen LogP contribution is 2.38. The smallest absolute Gasteiger partial charge is 0.134 e. The zero-order valence-corrected chi connectivity index (χ0v) is 8.08. The molecule has 4 heteroatoms. The molecule has 0 saturated heterocycles. The van der Waals surface area contributed by atoms with Crippen LogP contribution in [-0.4, -0.2) is 16.5 Å². The Morgan fingerprint density at radius 2 is 2.14 bits per heavy atom. The quantitative estimate of drug-likeness (QED) is 0.680. The maximum Gasteiger partial charge on any atom is 0.134 e. The Morgan fingerprint density at radius 3 is 2.93 bits per heavy atom. The topological polar surface area (TPSA) is 63.8 Å². The minimum atomic E-state index is 0.588. The molecule has 1 fully saturated rings. The first-order chi connectivity index (χ1) is 6.84. The Balaban J connectivity index is 2.06. The van der Waals surface area contributed by atoms with Crippen molar-refractivity contribution in [3.8, 4) is 0 Å². The van der Waals surface area contributed by atoms with E-state index < -0.39 is 0 Å². The summed E-state index contributed by atoms with van der Waals surface area (Å²) in [5, 5.41) is 3.31. The van der Waals surface area contributed by atoms with Gasteiger partial charge in [-0.1, -0.05) is 0 Å². The third-order valence-electron chi connectivity index (χ3n) is 2.93. The van der Waals surface area contributed by atoms with Gasteiger partial charge in [0.15, 0.2) is 0 Å². The lowest BCUT2D eigenvalue weighted by Gasteiger charge is -2.18. The molecule has 1 aliphatic heterocycles. The third kappa shape index (κ3) is 1.26. The molecule has 3 N–H and O–H groups in total. The van der Waals surface area contributed by atoms with Crippen LogP contribution in [0.3, 0.4) is 0 Å². The first-order valence-corrected chi connectivity index (χ1v) is 5.20. The summed E-state index contributed by atoms with van der Waals surface area (Å²) in [6, 6.07) is 0. The van der Waals surface area contributed by atoms with Crippen LogP contribution in [-0.2, 0) is 13.0 Å². The summed E-state index contributed by atoms with van der Waals surface area (Å²) in [5.41, 5.74) is 8.21. The van der Waals surface area contributed by atoms with Crippen LogP contribution in [0.2, 0.25) is 0 Å². The second kappa shape index (κ2) is 2.92. The number of aromatic nitrogens is 2. The van der Waals surface area contributed by atoms with Gasteiger partial charge in [-0.2, -0.15) is 0 Å². The van der Waals surface area contributed by atoms with Gasteiger partial charge in [-0.05, 0) is 25.8 Å². The first kappa shape index (κ1) is 8.17. The Labute approximate surface area is 82.9 Å². The van der Waals surface area contributed by atoms with Crippen molar-refractivity contribution in [2.24, 2.45) is 0 Å². The molecule has 0 radical (unpaired) electrons. The lowest BCUT2D eigenvalue weighted by atomic mass is 10.1. The molecule has 0 aromatic carbocycles. The highest BCUT2D eigenvalue weighted by molar-refractivity contribution is 5.44. The fourth-order valence-electron chi connectivity index (χ4n) is 1.93. The van der Waals surface area contributed by atoms with Gasteiger partial charge in [0.1, 0.15) is 11.6 Å². The number of fused-ring (bicyclic) bond motifs is 1. The largest absolute Gasteiger partial charge is 0.383 e. The molecule has 2 aliphatic rings. The normalized spacial score (nSPS) is 20.6. The predicted molar refractivity (Wildman–Crippen MR) is 53.8 cm³/mol. The van der Waals surface area contributed by atoms with Gasteiger partial charge in [-0.25, -0.2) is 9.97 Å². The summed E-state index contributed by atoms with van der Waals surface area (Å²) in [6.07, 6.45) is 3.42. The Bertz CT molecular complexity index is 371. The molecule has 0 amide bonds. The molecular formula is C10H14N4. The molecule has 14 heavy (non-hydrogen) atoms. The molecule has 0 atom stereocenters. The van der Waals surface area contributed by atoms with E-state index in [-0.39, 0.29) is 0 Å². The van der Waals surface area contributed by atoms with Gasteiger partial charge in [-0.3, -0.25) is 0 Å². The van der Waals surface area contributed by atoms with Crippen molar-refractivity contribution in [1.29, 1.82) is 0 Å². The van der Waals surface area contributed by atoms with Crippen LogP contribution < -0.4 is 11.1 Å². The summed E-state index contributed by atoms with van der Waals surface area (Å²) in [5.74, 6) is 2.26. The number of nitrogen functional groups attached to an aromatic ring is 1. The van der Waals surface area contributed by atoms with E-state index in [1.807, 2.05) is 0 Å². The van der Waals surface area contributed by atoms with E-state index in [0.29, 0.717) is 11.7 Å². The van der Waals surface area contributed by atoms with Gasteiger partial charge >= 0.3 is 0 Å². The predicted octanol–water partition coefficient (Wildman–Crippen LogP) is 0.582. The second-order valence-electron chi connectivity index (χ2n) is 4.09. The van der Waals surface area contributed by atoms with E-state index in [4.69, 9.17) is 5.73 Å². The Kier molecular flexibility index (Phi) is 1.70. The SMILES string of the molecule is Nc1nc(C2CC2)nc2c1CCNC2. The number of nitrogens with zero attached hydrogens (tertiary/aromatic N) is 2. The van der Waals surface area contributed by atoms with Crippen LogP contribution in [0.15, 0.2) is 0 Å². The standard InChI is InChI=1S/C10H14N4/c11-9-7-3-4-12-5-8(7)13-10(14-9)6-1-2-6/h6,12H,1-5H2,(H2,11,13,14). The lowest BCUT2D eigenvalue weighted by molar-refractivity contribution is 0.619. The van der Waals surface area contributed by atoms with E-state index >= 15 is 0 Å². The number of nitrogens with one attached hydrogen (secondary N) is 1. The molecule has 0 spiro atoms. The van der Waals surface area contributed by atoms with Gasteiger partial charge in [0.2, 0.25) is 0 Å². The molecule has 2 heterocycles. The van der Waals surface area contributed by atoms with Crippen molar-refractivity contribution in [2.45, 2.75) is 31.7 Å². The highest BCUT2D eigenvalue weighted by Gasteiger charge is 2.28. The van der Waals surface area contributed by atoms with Crippen molar-refractivity contribution < 1.29 is 0 Å². The fraction of sp³-hybridized carbons (Fsp3) is 0.600. The van der Waals surface area contributed by atoms with E-state index in [0.717, 1.165) is 36.6 Å². The molecule has 3 rings (SSSR count). The van der Waals surface area contributed by atoms with Gasteiger partial charge in [-0.15, -0.1) is 0 Å². The molecular weight excluding hydrogens is 176 g/mol. The van der Waals surface area contributed by atoms with E-state index in [1.54, 1.807) is 0 Å². The van der Waals surface area contributed by atoms with E-state index in [2.05, 4.69) is 15.3 Å². The average Bonchev–Trinajstić information content (AvgIpc) is 3.01. The van der Waals surface area contributed by atoms with Crippen LogP contribution >= 0.6 is 0 Å². The second-order valence-corrected chi connectivity index (χ2v) is 4.09. The number of hydrogen-bond donors (Lipinski definition) is 2. The minimum absolute atomic E-state index is 0.588. The van der Waals surface area contributed by atoms with Crippen molar-refractivity contribution in [1.82, 2.24) is 15.3 Å². The van der Waals surface area contributed by atoms with Crippen LogP contribution in [0, 0.1) is 0 Å². The Morgan fingerprint density at radius 1 is 1.29 bits per heavy atom. The molecule has 1 aliphatic carbocycles. The lowest BCUT2D eigenvalue weighted by Crippen LogP contribution is -2.26. The maximum absolute atomic E-state index is 5.93. The van der Waals surface area contributed by atoms with E-state index in [1.165, 1.54) is 12.8 Å². The van der Waals surface area contributed by atoms with Crippen LogP contribution in [0.4, 0.5) is 5.82 Å². The van der Waals surface area contributed by atoms with E-state index in [9.17, 15) is 0 Å². The highest BCUT2D eigenvalue weighted by atomic mass is 15.0. The number of hydrogen-bond acceptors (Lipinski definition) is 4. The zero-order valence-electron chi connectivity index (χ0n) is 8.08. The molecule has 74 valence electrons. The number of nitrogens with two attached hydrogens (primary N) is 1. The van der Waals surface area contributed by atoms with Gasteiger partial charge < -0.3 is 11.1 Å². The summed E-state index contributed by atoms with van der Waals surface area (Å²) >= 11 is 0. The molecule has 4 nitrogen and oxygen atoms in total. The molecule has 1 aromatic rings. The summed E-state index contributed by atoms with van der Waals surface area (Å²) < 4.78 is 0. The molecule has 0 bridgehead atoms. The fourth-order valence-corrected chi connectivity index (χ4v) is 1.93. The van der Waals surface area contributed by atoms with Crippen LogP contribution in [0.25, 0.3) is 0 Å². The number of rotatable bonds is 1. The molecule has 1 aromatic heterocycles. The van der Waals surface area contributed by atoms with Crippen molar-refractivity contribution in [3.63, 3.8) is 0 Å². The van der Waals surface area contributed by atoms with Gasteiger partial charge in [0, 0.05) is 18.0 Å². The summed E-state index contributed by atoms with van der Waals surface area (Å²) in [7, 11) is 0. The average molecular weight is 190 g/mol. The molecule has 0 unspecified atom stereocenters. The van der Waals surface area contributed by atoms with Crippen molar-refractivity contribution in [3.05, 3.63) is 17.1 Å². The van der Waals surface area contributed by atoms with Crippen LogP contribution in [0.1, 0.15) is 35.8 Å². The van der Waals surface area contributed by atoms with Gasteiger partial charge in [0.25, 0.3) is 0 Å². The first-order valence-electron chi connectivity index (χ1n) is 5.20. The number of anilines is 1. The molecule has 1 saturated carbocycles. The zero-order chi connectivity index (χ0) is 9.54. The van der Waals surface area contributed by atoms with Crippen molar-refractivity contribution in [2.75, 3.05) is 12.3 Å².